The largest absolute Gasteiger partial charge is 0.504 e. The molecule has 2 heterocycles. The highest BCUT2D eigenvalue weighted by molar-refractivity contribution is 9.10. The molecule has 0 radical (unpaired) electrons. The van der Waals surface area contributed by atoms with E-state index in [-0.39, 0.29) is 23.7 Å². The van der Waals surface area contributed by atoms with E-state index in [9.17, 15) is 15.0 Å². The minimum atomic E-state index is -1.00. The Morgan fingerprint density at radius 3 is 2.81 bits per heavy atom. The first-order chi connectivity index (χ1) is 17.3. The smallest absolute Gasteiger partial charge is 0.246 e. The van der Waals surface area contributed by atoms with Crippen LogP contribution in [0.5, 0.6) is 11.5 Å². The molecule has 6 nitrogen and oxygen atoms in total. The fraction of sp³-hybridized carbons (Fsp3) is 0.414. The van der Waals surface area contributed by atoms with Crippen LogP contribution in [0.15, 0.2) is 59.6 Å². The summed E-state index contributed by atoms with van der Waals surface area (Å²) in [6, 6.07) is 11.2. The van der Waals surface area contributed by atoms with Crippen LogP contribution in [0, 0.1) is 0 Å². The number of rotatable bonds is 5. The molecule has 188 valence electrons. The van der Waals surface area contributed by atoms with Crippen molar-refractivity contribution in [2.45, 2.75) is 54.9 Å². The molecule has 7 heteroatoms. The number of likely N-dealkylation sites (N-methyl/N-ethyl adjacent to an activating group) is 1. The normalized spacial score (nSPS) is 32.1. The van der Waals surface area contributed by atoms with Crippen LogP contribution in [0.2, 0.25) is 0 Å². The number of amides is 1. The second-order valence-electron chi connectivity index (χ2n) is 10.6. The molecular formula is C29H31BrN2O4. The van der Waals surface area contributed by atoms with Crippen molar-refractivity contribution >= 4 is 27.9 Å². The van der Waals surface area contributed by atoms with Crippen LogP contribution >= 0.6 is 15.9 Å². The van der Waals surface area contributed by atoms with E-state index in [4.69, 9.17) is 4.74 Å². The van der Waals surface area contributed by atoms with Crippen molar-refractivity contribution in [3.8, 4) is 11.5 Å². The minimum absolute atomic E-state index is 0.0578. The molecule has 2 aromatic rings. The second-order valence-corrected chi connectivity index (χ2v) is 11.5. The third-order valence-electron chi connectivity index (χ3n) is 9.04. The van der Waals surface area contributed by atoms with E-state index >= 15 is 0 Å². The summed E-state index contributed by atoms with van der Waals surface area (Å²) in [5.74, 6) is 0.490. The van der Waals surface area contributed by atoms with Gasteiger partial charge in [0.2, 0.25) is 5.91 Å². The molecule has 36 heavy (non-hydrogen) atoms. The molecule has 1 amide bonds. The molecule has 0 aromatic heterocycles. The number of aromatic hydroxyl groups is 1. The molecular weight excluding hydrogens is 520 g/mol. The van der Waals surface area contributed by atoms with E-state index in [2.05, 4.69) is 27.4 Å². The quantitative estimate of drug-likeness (QED) is 0.434. The number of hydrogen-bond acceptors (Lipinski definition) is 5. The summed E-state index contributed by atoms with van der Waals surface area (Å²) in [6.45, 7) is 5.46. The van der Waals surface area contributed by atoms with Gasteiger partial charge in [0.25, 0.3) is 0 Å². The number of phenols is 1. The molecule has 4 aliphatic rings. The lowest BCUT2D eigenvalue weighted by atomic mass is 9.48. The van der Waals surface area contributed by atoms with Gasteiger partial charge in [0.15, 0.2) is 11.5 Å². The maximum absolute atomic E-state index is 13.3. The van der Waals surface area contributed by atoms with Gasteiger partial charge in [-0.15, -0.1) is 6.58 Å². The summed E-state index contributed by atoms with van der Waals surface area (Å²) in [7, 11) is 1.82. The van der Waals surface area contributed by atoms with Crippen LogP contribution in [0.1, 0.15) is 36.0 Å². The van der Waals surface area contributed by atoms with Gasteiger partial charge in [-0.1, -0.05) is 40.2 Å². The molecule has 1 spiro atoms. The first-order valence-electron chi connectivity index (χ1n) is 12.6. The number of halogens is 1. The third kappa shape index (κ3) is 3.19. The zero-order chi connectivity index (χ0) is 25.2. The lowest BCUT2D eigenvalue weighted by molar-refractivity contribution is -0.198. The number of benzene rings is 2. The molecule has 2 aromatic carbocycles. The lowest BCUT2D eigenvalue weighted by Gasteiger charge is -2.64. The predicted molar refractivity (Wildman–Crippen MR) is 142 cm³/mol. The average Bonchev–Trinajstić information content (AvgIpc) is 3.22. The summed E-state index contributed by atoms with van der Waals surface area (Å²) in [5, 5.41) is 23.2. The maximum Gasteiger partial charge on any atom is 0.246 e. The van der Waals surface area contributed by atoms with Crippen molar-refractivity contribution in [1.29, 1.82) is 0 Å². The van der Waals surface area contributed by atoms with Gasteiger partial charge >= 0.3 is 0 Å². The van der Waals surface area contributed by atoms with Gasteiger partial charge in [0.1, 0.15) is 6.10 Å². The van der Waals surface area contributed by atoms with Gasteiger partial charge < -0.3 is 19.8 Å². The van der Waals surface area contributed by atoms with Gasteiger partial charge in [-0.05, 0) is 67.6 Å². The average molecular weight is 551 g/mol. The van der Waals surface area contributed by atoms with Crippen molar-refractivity contribution < 1.29 is 19.7 Å². The summed E-state index contributed by atoms with van der Waals surface area (Å²) in [5.41, 5.74) is 1.36. The Labute approximate surface area is 220 Å². The highest BCUT2D eigenvalue weighted by Crippen LogP contribution is 2.65. The zero-order valence-corrected chi connectivity index (χ0v) is 21.9. The Kier molecular flexibility index (Phi) is 5.59. The highest BCUT2D eigenvalue weighted by atomic mass is 79.9. The van der Waals surface area contributed by atoms with E-state index in [1.165, 1.54) is 0 Å². The molecule has 6 rings (SSSR count). The third-order valence-corrected chi connectivity index (χ3v) is 9.57. The van der Waals surface area contributed by atoms with Crippen molar-refractivity contribution in [3.05, 3.63) is 76.3 Å². The van der Waals surface area contributed by atoms with E-state index in [1.54, 1.807) is 17.0 Å². The number of piperidine rings is 1. The Balaban J connectivity index is 1.37. The second kappa shape index (κ2) is 8.47. The minimum Gasteiger partial charge on any atom is -0.504 e. The van der Waals surface area contributed by atoms with Crippen molar-refractivity contribution in [1.82, 2.24) is 9.80 Å². The van der Waals surface area contributed by atoms with Gasteiger partial charge in [-0.25, -0.2) is 0 Å². The number of phenolic OH excluding ortho intramolecular Hbond substituents is 1. The van der Waals surface area contributed by atoms with Crippen LogP contribution in [-0.2, 0) is 16.6 Å². The Morgan fingerprint density at radius 2 is 2.06 bits per heavy atom. The van der Waals surface area contributed by atoms with Crippen LogP contribution < -0.4 is 4.74 Å². The molecule has 2 unspecified atom stereocenters. The Morgan fingerprint density at radius 1 is 1.28 bits per heavy atom. The fourth-order valence-electron chi connectivity index (χ4n) is 7.41. The number of nitrogens with zero attached hydrogens (tertiary/aromatic N) is 2. The Bertz CT molecular complexity index is 1260. The maximum atomic E-state index is 13.3. The van der Waals surface area contributed by atoms with Gasteiger partial charge in [0.05, 0.1) is 17.1 Å². The summed E-state index contributed by atoms with van der Waals surface area (Å²) >= 11 is 3.44. The predicted octanol–water partition coefficient (Wildman–Crippen LogP) is 4.04. The van der Waals surface area contributed by atoms with Crippen molar-refractivity contribution in [3.63, 3.8) is 0 Å². The van der Waals surface area contributed by atoms with E-state index in [0.29, 0.717) is 31.4 Å². The Hall–Kier alpha value is -2.61. The molecule has 1 saturated carbocycles. The number of likely N-dealkylation sites (tertiary alicyclic amines) is 1. The monoisotopic (exact) mass is 550 g/mol. The SMILES string of the molecule is C=CCN1CC[C@]23c4c5ccc(O)c4OC2C(N(C)C(=O)/C=C/c2ccc(Br)cc2)CC[C@@]3(O)[C@H]1C5. The van der Waals surface area contributed by atoms with Crippen LogP contribution in [0.4, 0.5) is 0 Å². The number of aliphatic hydroxyl groups is 1. The van der Waals surface area contributed by atoms with Crippen LogP contribution in [0.25, 0.3) is 6.08 Å². The van der Waals surface area contributed by atoms with Crippen molar-refractivity contribution in [2.24, 2.45) is 0 Å². The molecule has 2 N–H and O–H groups in total. The molecule has 2 fully saturated rings. The van der Waals surface area contributed by atoms with E-state index < -0.39 is 17.1 Å². The molecule has 5 atom stereocenters. The van der Waals surface area contributed by atoms with Gasteiger partial charge in [-0.2, -0.15) is 0 Å². The molecule has 2 bridgehead atoms. The summed E-state index contributed by atoms with van der Waals surface area (Å²) in [6.07, 6.45) is 7.50. The standard InChI is InChI=1S/C29H31BrN2O4/c1-3-15-32-16-14-28-25-19-7-10-22(33)26(25)36-27(28)21(12-13-29(28,35)23(32)17-19)31(2)24(34)11-6-18-4-8-20(30)9-5-18/h3-11,21,23,27,33,35H,1,12-17H2,2H3/b11-6+/t21?,23-,27?,28+,29-/m1/s1. The highest BCUT2D eigenvalue weighted by Gasteiger charge is 2.73. The number of carbonyl (C=O) groups excluding carboxylic acids is 1. The number of carbonyl (C=O) groups is 1. The fourth-order valence-corrected chi connectivity index (χ4v) is 7.67. The van der Waals surface area contributed by atoms with Gasteiger partial charge in [0, 0.05) is 35.7 Å². The molecule has 2 aliphatic heterocycles. The number of ether oxygens (including phenoxy) is 1. The van der Waals surface area contributed by atoms with E-state index in [1.807, 2.05) is 49.5 Å². The van der Waals surface area contributed by atoms with E-state index in [0.717, 1.165) is 34.3 Å². The summed E-state index contributed by atoms with van der Waals surface area (Å²) < 4.78 is 7.55. The first-order valence-corrected chi connectivity index (χ1v) is 13.4. The molecule has 2 aliphatic carbocycles. The zero-order valence-electron chi connectivity index (χ0n) is 20.4. The first kappa shape index (κ1) is 23.8. The van der Waals surface area contributed by atoms with Crippen LogP contribution in [-0.4, -0.2) is 69.8 Å². The topological polar surface area (TPSA) is 73.2 Å². The lowest BCUT2D eigenvalue weighted by Crippen LogP contribution is -2.78. The number of hydrogen-bond donors (Lipinski definition) is 2. The van der Waals surface area contributed by atoms with Crippen LogP contribution in [0.3, 0.4) is 0 Å². The van der Waals surface area contributed by atoms with Gasteiger partial charge in [-0.3, -0.25) is 9.69 Å². The molecule has 1 saturated heterocycles. The van der Waals surface area contributed by atoms with Crippen molar-refractivity contribution in [2.75, 3.05) is 20.1 Å². The summed E-state index contributed by atoms with van der Waals surface area (Å²) in [4.78, 5) is 17.4.